The molecule has 1 unspecified atom stereocenters. The minimum Gasteiger partial charge on any atom is -0.298 e. The summed E-state index contributed by atoms with van der Waals surface area (Å²) in [5.74, 6) is 0. The summed E-state index contributed by atoms with van der Waals surface area (Å²) in [4.78, 5) is 13.2. The fourth-order valence-electron chi connectivity index (χ4n) is 4.60. The van der Waals surface area contributed by atoms with Crippen molar-refractivity contribution in [2.75, 3.05) is 26.2 Å². The molecule has 1 atom stereocenters. The van der Waals surface area contributed by atoms with E-state index in [0.717, 1.165) is 37.8 Å². The van der Waals surface area contributed by atoms with Gasteiger partial charge in [0.15, 0.2) is 0 Å². The molecule has 1 saturated heterocycles. The van der Waals surface area contributed by atoms with E-state index in [0.29, 0.717) is 0 Å². The van der Waals surface area contributed by atoms with Gasteiger partial charge in [0.2, 0.25) is 9.84 Å². The smallest absolute Gasteiger partial charge is 0.251 e. The van der Waals surface area contributed by atoms with Gasteiger partial charge in [-0.1, -0.05) is 31.4 Å². The summed E-state index contributed by atoms with van der Waals surface area (Å²) in [6.45, 7) is 6.60. The summed E-state index contributed by atoms with van der Waals surface area (Å²) in [6, 6.07) is 9.87. The Labute approximate surface area is 173 Å². The lowest BCUT2D eigenvalue weighted by Gasteiger charge is -2.42. The number of benzene rings is 1. The number of hydrogen-bond acceptors (Lipinski definition) is 6. The van der Waals surface area contributed by atoms with Gasteiger partial charge in [0.25, 0.3) is 5.16 Å². The van der Waals surface area contributed by atoms with E-state index in [-0.39, 0.29) is 16.1 Å². The van der Waals surface area contributed by atoms with E-state index in [9.17, 15) is 8.42 Å². The SMILES string of the molecule is CC(c1ccc(S(=O)(=O)c2ncccn2)cc1)N1CCN(C2CCCCC2)CC1. The fourth-order valence-corrected chi connectivity index (χ4v) is 5.71. The molecule has 0 spiro atoms. The maximum Gasteiger partial charge on any atom is 0.251 e. The van der Waals surface area contributed by atoms with Crippen molar-refractivity contribution >= 4 is 9.84 Å². The first-order chi connectivity index (χ1) is 14.1. The highest BCUT2D eigenvalue weighted by Crippen LogP contribution is 2.27. The molecule has 2 aromatic rings. The fraction of sp³-hybridized carbons (Fsp3) is 0.545. The van der Waals surface area contributed by atoms with E-state index < -0.39 is 9.84 Å². The number of nitrogens with zero attached hydrogens (tertiary/aromatic N) is 4. The lowest BCUT2D eigenvalue weighted by molar-refractivity contribution is 0.0602. The second-order valence-electron chi connectivity index (χ2n) is 8.14. The van der Waals surface area contributed by atoms with Gasteiger partial charge in [-0.05, 0) is 43.5 Å². The number of piperazine rings is 1. The van der Waals surface area contributed by atoms with E-state index in [1.165, 1.54) is 44.5 Å². The predicted octanol–water partition coefficient (Wildman–Crippen LogP) is 3.32. The number of rotatable bonds is 5. The molecule has 2 aliphatic rings. The van der Waals surface area contributed by atoms with Gasteiger partial charge in [-0.3, -0.25) is 9.80 Å². The molecule has 1 saturated carbocycles. The lowest BCUT2D eigenvalue weighted by atomic mass is 9.93. The van der Waals surface area contributed by atoms with Crippen LogP contribution in [0.15, 0.2) is 52.8 Å². The minimum absolute atomic E-state index is 0.153. The molecule has 6 nitrogen and oxygen atoms in total. The summed E-state index contributed by atoms with van der Waals surface area (Å²) in [5, 5.41) is -0.153. The Morgan fingerprint density at radius 2 is 1.55 bits per heavy atom. The number of sulfone groups is 1. The van der Waals surface area contributed by atoms with Crippen LogP contribution in [-0.2, 0) is 9.84 Å². The molecule has 156 valence electrons. The molecule has 0 amide bonds. The number of hydrogen-bond donors (Lipinski definition) is 0. The molecule has 7 heteroatoms. The van der Waals surface area contributed by atoms with Crippen LogP contribution < -0.4 is 0 Å². The molecular weight excluding hydrogens is 384 g/mol. The zero-order valence-electron chi connectivity index (χ0n) is 17.1. The summed E-state index contributed by atoms with van der Waals surface area (Å²) in [7, 11) is -3.67. The maximum absolute atomic E-state index is 12.7. The largest absolute Gasteiger partial charge is 0.298 e. The van der Waals surface area contributed by atoms with Crippen LogP contribution in [0.5, 0.6) is 0 Å². The molecule has 2 fully saturated rings. The quantitative estimate of drug-likeness (QED) is 0.699. The van der Waals surface area contributed by atoms with E-state index in [2.05, 4.69) is 26.7 Å². The highest BCUT2D eigenvalue weighted by atomic mass is 32.2. The lowest BCUT2D eigenvalue weighted by Crippen LogP contribution is -2.51. The van der Waals surface area contributed by atoms with E-state index in [4.69, 9.17) is 0 Å². The third-order valence-corrected chi connectivity index (χ3v) is 8.03. The van der Waals surface area contributed by atoms with Gasteiger partial charge < -0.3 is 0 Å². The van der Waals surface area contributed by atoms with Crippen LogP contribution in [0.25, 0.3) is 0 Å². The minimum atomic E-state index is -3.67. The molecule has 1 aliphatic heterocycles. The molecule has 29 heavy (non-hydrogen) atoms. The molecule has 1 aromatic heterocycles. The molecule has 4 rings (SSSR count). The first kappa shape index (κ1) is 20.4. The summed E-state index contributed by atoms with van der Waals surface area (Å²) in [6.07, 6.45) is 9.77. The van der Waals surface area contributed by atoms with Gasteiger partial charge in [0.1, 0.15) is 0 Å². The Balaban J connectivity index is 1.39. The van der Waals surface area contributed by atoms with Gasteiger partial charge in [0, 0.05) is 50.7 Å². The Hall–Kier alpha value is -1.83. The van der Waals surface area contributed by atoms with E-state index in [1.54, 1.807) is 18.2 Å². The van der Waals surface area contributed by atoms with Crippen molar-refractivity contribution in [2.45, 2.75) is 61.2 Å². The monoisotopic (exact) mass is 414 g/mol. The molecule has 2 heterocycles. The summed E-state index contributed by atoms with van der Waals surface area (Å²) >= 11 is 0. The Morgan fingerprint density at radius 1 is 0.931 bits per heavy atom. The van der Waals surface area contributed by atoms with Crippen LogP contribution in [0.3, 0.4) is 0 Å². The van der Waals surface area contributed by atoms with Crippen LogP contribution >= 0.6 is 0 Å². The average Bonchev–Trinajstić information content (AvgIpc) is 2.80. The second-order valence-corrected chi connectivity index (χ2v) is 9.99. The molecule has 0 radical (unpaired) electrons. The molecular formula is C22H30N4O2S. The van der Waals surface area contributed by atoms with Crippen molar-refractivity contribution in [1.29, 1.82) is 0 Å². The van der Waals surface area contributed by atoms with Gasteiger partial charge in [-0.25, -0.2) is 18.4 Å². The van der Waals surface area contributed by atoms with Crippen LogP contribution in [0.1, 0.15) is 50.6 Å². The van der Waals surface area contributed by atoms with Crippen molar-refractivity contribution in [2.24, 2.45) is 0 Å². The zero-order chi connectivity index (χ0) is 20.3. The van der Waals surface area contributed by atoms with Crippen LogP contribution in [0, 0.1) is 0 Å². The van der Waals surface area contributed by atoms with Crippen molar-refractivity contribution in [1.82, 2.24) is 19.8 Å². The first-order valence-corrected chi connectivity index (χ1v) is 12.1. The van der Waals surface area contributed by atoms with Gasteiger partial charge in [-0.2, -0.15) is 0 Å². The topological polar surface area (TPSA) is 66.4 Å². The molecule has 0 N–H and O–H groups in total. The highest BCUT2D eigenvalue weighted by molar-refractivity contribution is 7.91. The second kappa shape index (κ2) is 8.90. The normalized spacial score (nSPS) is 21.1. The predicted molar refractivity (Wildman–Crippen MR) is 112 cm³/mol. The highest BCUT2D eigenvalue weighted by Gasteiger charge is 2.28. The number of aromatic nitrogens is 2. The third kappa shape index (κ3) is 4.52. The van der Waals surface area contributed by atoms with Crippen molar-refractivity contribution in [3.8, 4) is 0 Å². The van der Waals surface area contributed by atoms with Crippen molar-refractivity contribution in [3.05, 3.63) is 48.3 Å². The molecule has 0 bridgehead atoms. The Kier molecular flexibility index (Phi) is 6.27. The van der Waals surface area contributed by atoms with Crippen molar-refractivity contribution in [3.63, 3.8) is 0 Å². The van der Waals surface area contributed by atoms with Gasteiger partial charge in [0.05, 0.1) is 4.90 Å². The molecule has 1 aliphatic carbocycles. The standard InChI is InChI=1S/C22H30N4O2S/c1-18(25-14-16-26(17-15-25)20-6-3-2-4-7-20)19-8-10-21(11-9-19)29(27,28)22-23-12-5-13-24-22/h5,8-13,18,20H,2-4,6-7,14-17H2,1H3. The van der Waals surface area contributed by atoms with Crippen LogP contribution in [0.4, 0.5) is 0 Å². The van der Waals surface area contributed by atoms with Gasteiger partial charge >= 0.3 is 0 Å². The van der Waals surface area contributed by atoms with Crippen molar-refractivity contribution < 1.29 is 8.42 Å². The zero-order valence-corrected chi connectivity index (χ0v) is 17.9. The Morgan fingerprint density at radius 3 is 2.17 bits per heavy atom. The van der Waals surface area contributed by atoms with E-state index in [1.807, 2.05) is 12.1 Å². The Bertz CT molecular complexity index is 888. The average molecular weight is 415 g/mol. The maximum atomic E-state index is 12.7. The first-order valence-electron chi connectivity index (χ1n) is 10.7. The molecule has 1 aromatic carbocycles. The van der Waals surface area contributed by atoms with Gasteiger partial charge in [-0.15, -0.1) is 0 Å². The van der Waals surface area contributed by atoms with Crippen LogP contribution in [0.2, 0.25) is 0 Å². The van der Waals surface area contributed by atoms with E-state index >= 15 is 0 Å². The summed E-state index contributed by atoms with van der Waals surface area (Å²) < 4.78 is 25.3. The van der Waals surface area contributed by atoms with Crippen LogP contribution in [-0.4, -0.2) is 60.4 Å². The third-order valence-electron chi connectivity index (χ3n) is 6.44. The summed E-state index contributed by atoms with van der Waals surface area (Å²) in [5.41, 5.74) is 1.14.